The molecule has 0 radical (unpaired) electrons. The van der Waals surface area contributed by atoms with E-state index < -0.39 is 17.2 Å². The number of nitrogens with zero attached hydrogens (tertiary/aromatic N) is 2. The molecule has 4 nitrogen and oxygen atoms in total. The van der Waals surface area contributed by atoms with Gasteiger partial charge in [-0.2, -0.15) is 13.2 Å². The summed E-state index contributed by atoms with van der Waals surface area (Å²) in [5, 5.41) is -0.840. The molecule has 0 saturated carbocycles. The Morgan fingerprint density at radius 1 is 1.35 bits per heavy atom. The zero-order chi connectivity index (χ0) is 15.6. The minimum absolute atomic E-state index is 0.357. The van der Waals surface area contributed by atoms with Crippen molar-refractivity contribution >= 4 is 11.3 Å². The molecule has 0 fully saturated rings. The second-order valence-corrected chi connectivity index (χ2v) is 5.93. The van der Waals surface area contributed by atoms with Crippen LogP contribution in [0.2, 0.25) is 0 Å². The van der Waals surface area contributed by atoms with E-state index in [0.29, 0.717) is 16.2 Å². The Balaban J connectivity index is 3.21. The second-order valence-electron chi connectivity index (χ2n) is 4.87. The number of nitrogens with two attached hydrogens (primary N) is 1. The smallest absolute Gasteiger partial charge is 0.302 e. The van der Waals surface area contributed by atoms with Crippen molar-refractivity contribution in [3.05, 3.63) is 16.1 Å². The van der Waals surface area contributed by atoms with Gasteiger partial charge in [0.05, 0.1) is 6.04 Å². The molecule has 1 heterocycles. The van der Waals surface area contributed by atoms with Gasteiger partial charge in [-0.1, -0.05) is 13.8 Å². The van der Waals surface area contributed by atoms with Crippen LogP contribution in [-0.4, -0.2) is 29.5 Å². The van der Waals surface area contributed by atoms with Gasteiger partial charge in [-0.05, 0) is 26.9 Å². The zero-order valence-corrected chi connectivity index (χ0v) is 12.9. The van der Waals surface area contributed by atoms with E-state index in [2.05, 4.69) is 10.4 Å². The fourth-order valence-electron chi connectivity index (χ4n) is 2.60. The number of alkyl halides is 3. The van der Waals surface area contributed by atoms with Crippen molar-refractivity contribution in [3.63, 3.8) is 0 Å². The predicted molar refractivity (Wildman–Crippen MR) is 74.2 cm³/mol. The Hall–Kier alpha value is -0.700. The third-order valence-electron chi connectivity index (χ3n) is 3.87. The van der Waals surface area contributed by atoms with E-state index in [0.717, 1.165) is 12.8 Å². The van der Waals surface area contributed by atoms with Crippen molar-refractivity contribution in [3.8, 4) is 0 Å². The van der Waals surface area contributed by atoms with Crippen molar-refractivity contribution in [1.82, 2.24) is 15.3 Å². The molecule has 0 saturated heterocycles. The first-order chi connectivity index (χ1) is 9.22. The highest BCUT2D eigenvalue weighted by atomic mass is 32.1. The van der Waals surface area contributed by atoms with Gasteiger partial charge in [0, 0.05) is 16.6 Å². The fourth-order valence-corrected chi connectivity index (χ4v) is 3.56. The lowest BCUT2D eigenvalue weighted by Crippen LogP contribution is -2.54. The second kappa shape index (κ2) is 6.38. The molecule has 20 heavy (non-hydrogen) atoms. The SMILES string of the molecule is CCC(CC)(C(NN)c1cnc(C(F)(F)F)s1)N(C)C. The first-order valence-corrected chi connectivity index (χ1v) is 7.21. The molecule has 116 valence electrons. The fraction of sp³-hybridized carbons (Fsp3) is 0.750. The van der Waals surface area contributed by atoms with Crippen LogP contribution in [0.15, 0.2) is 6.20 Å². The maximum absolute atomic E-state index is 12.7. The highest BCUT2D eigenvalue weighted by Gasteiger charge is 2.41. The third-order valence-corrected chi connectivity index (χ3v) is 4.98. The first-order valence-electron chi connectivity index (χ1n) is 6.39. The number of nitrogens with one attached hydrogen (secondary N) is 1. The third kappa shape index (κ3) is 3.13. The summed E-state index contributed by atoms with van der Waals surface area (Å²) in [6.07, 6.45) is -1.64. The van der Waals surface area contributed by atoms with E-state index in [1.807, 2.05) is 32.8 Å². The maximum Gasteiger partial charge on any atom is 0.443 e. The first kappa shape index (κ1) is 17.4. The van der Waals surface area contributed by atoms with E-state index in [-0.39, 0.29) is 5.54 Å². The molecule has 0 bridgehead atoms. The van der Waals surface area contributed by atoms with Crippen molar-refractivity contribution < 1.29 is 13.2 Å². The van der Waals surface area contributed by atoms with Crippen LogP contribution >= 0.6 is 11.3 Å². The number of halogens is 3. The molecular weight excluding hydrogens is 289 g/mol. The summed E-state index contributed by atoms with van der Waals surface area (Å²) in [5.74, 6) is 5.62. The van der Waals surface area contributed by atoms with Gasteiger partial charge in [-0.25, -0.2) is 4.98 Å². The van der Waals surface area contributed by atoms with E-state index in [1.54, 1.807) is 0 Å². The molecule has 0 aliphatic heterocycles. The summed E-state index contributed by atoms with van der Waals surface area (Å²) in [5.41, 5.74) is 2.31. The molecule has 0 aliphatic carbocycles. The summed E-state index contributed by atoms with van der Waals surface area (Å²) < 4.78 is 38.0. The van der Waals surface area contributed by atoms with Crippen LogP contribution in [0.5, 0.6) is 0 Å². The lowest BCUT2D eigenvalue weighted by Gasteiger charge is -2.44. The van der Waals surface area contributed by atoms with Gasteiger partial charge in [-0.3, -0.25) is 11.3 Å². The Bertz CT molecular complexity index is 427. The van der Waals surface area contributed by atoms with Gasteiger partial charge in [0.1, 0.15) is 0 Å². The van der Waals surface area contributed by atoms with Gasteiger partial charge in [0.15, 0.2) is 5.01 Å². The minimum Gasteiger partial charge on any atom is -0.302 e. The molecule has 0 spiro atoms. The summed E-state index contributed by atoms with van der Waals surface area (Å²) in [6, 6.07) is -0.402. The Kier molecular flexibility index (Phi) is 5.54. The number of thiazole rings is 1. The molecule has 1 atom stereocenters. The number of hydrogen-bond donors (Lipinski definition) is 2. The van der Waals surface area contributed by atoms with Crippen molar-refractivity contribution in [2.24, 2.45) is 5.84 Å². The Morgan fingerprint density at radius 2 is 1.90 bits per heavy atom. The largest absolute Gasteiger partial charge is 0.443 e. The van der Waals surface area contributed by atoms with Gasteiger partial charge in [-0.15, -0.1) is 11.3 Å². The van der Waals surface area contributed by atoms with Crippen LogP contribution in [-0.2, 0) is 6.18 Å². The molecule has 0 amide bonds. The van der Waals surface area contributed by atoms with Crippen LogP contribution < -0.4 is 11.3 Å². The van der Waals surface area contributed by atoms with Crippen LogP contribution in [0.25, 0.3) is 0 Å². The van der Waals surface area contributed by atoms with Crippen LogP contribution in [0.3, 0.4) is 0 Å². The van der Waals surface area contributed by atoms with Gasteiger partial charge in [0.25, 0.3) is 0 Å². The lowest BCUT2D eigenvalue weighted by atomic mass is 9.83. The van der Waals surface area contributed by atoms with Gasteiger partial charge >= 0.3 is 6.18 Å². The maximum atomic E-state index is 12.7. The average molecular weight is 310 g/mol. The summed E-state index contributed by atoms with van der Waals surface area (Å²) in [4.78, 5) is 5.98. The monoisotopic (exact) mass is 310 g/mol. The zero-order valence-electron chi connectivity index (χ0n) is 12.1. The molecule has 1 unspecified atom stereocenters. The van der Waals surface area contributed by atoms with Crippen LogP contribution in [0.4, 0.5) is 13.2 Å². The van der Waals surface area contributed by atoms with Gasteiger partial charge in [0.2, 0.25) is 0 Å². The summed E-state index contributed by atoms with van der Waals surface area (Å²) in [6.45, 7) is 4.00. The molecule has 0 aliphatic rings. The highest BCUT2D eigenvalue weighted by Crippen LogP contribution is 2.40. The molecule has 0 aromatic carbocycles. The molecule has 1 aromatic heterocycles. The molecule has 1 rings (SSSR count). The Morgan fingerprint density at radius 3 is 2.20 bits per heavy atom. The molecule has 3 N–H and O–H groups in total. The van der Waals surface area contributed by atoms with Crippen molar-refractivity contribution in [2.45, 2.75) is 44.4 Å². The standard InChI is InChI=1S/C12H21F3N4S/c1-5-11(6-2,19(3)4)9(18-16)8-7-17-10(20-8)12(13,14)15/h7,9,18H,5-6,16H2,1-4H3. The number of likely N-dealkylation sites (N-methyl/N-ethyl adjacent to an activating group) is 1. The normalized spacial score (nSPS) is 14.8. The predicted octanol–water partition coefficient (Wildman–Crippen LogP) is 2.79. The number of hydrogen-bond acceptors (Lipinski definition) is 5. The van der Waals surface area contributed by atoms with Crippen molar-refractivity contribution in [1.29, 1.82) is 0 Å². The topological polar surface area (TPSA) is 54.2 Å². The summed E-state index contributed by atoms with van der Waals surface area (Å²) in [7, 11) is 3.81. The minimum atomic E-state index is -4.42. The quantitative estimate of drug-likeness (QED) is 0.627. The van der Waals surface area contributed by atoms with Crippen molar-refractivity contribution in [2.75, 3.05) is 14.1 Å². The Labute approximate surface area is 121 Å². The van der Waals surface area contributed by atoms with E-state index >= 15 is 0 Å². The lowest BCUT2D eigenvalue weighted by molar-refractivity contribution is -0.137. The van der Waals surface area contributed by atoms with E-state index in [1.165, 1.54) is 6.20 Å². The van der Waals surface area contributed by atoms with Gasteiger partial charge < -0.3 is 4.90 Å². The van der Waals surface area contributed by atoms with Crippen LogP contribution in [0, 0.1) is 0 Å². The molecular formula is C12H21F3N4S. The summed E-state index contributed by atoms with van der Waals surface area (Å²) >= 11 is 0.642. The van der Waals surface area contributed by atoms with Crippen LogP contribution in [0.1, 0.15) is 42.6 Å². The molecule has 1 aromatic rings. The molecule has 8 heteroatoms. The number of aromatic nitrogens is 1. The highest BCUT2D eigenvalue weighted by molar-refractivity contribution is 7.11. The number of hydrazine groups is 1. The van der Waals surface area contributed by atoms with E-state index in [9.17, 15) is 13.2 Å². The number of rotatable bonds is 6. The van der Waals surface area contributed by atoms with E-state index in [4.69, 9.17) is 5.84 Å². The average Bonchev–Trinajstić information content (AvgIpc) is 2.84.